The Morgan fingerprint density at radius 1 is 1.00 bits per heavy atom. The average Bonchev–Trinajstić information content (AvgIpc) is 1.52. The normalized spacial score (nSPS) is 14.9. The second-order valence-electron chi connectivity index (χ2n) is 1.44. The zero-order valence-corrected chi connectivity index (χ0v) is 7.52. The van der Waals surface area contributed by atoms with E-state index in [2.05, 4.69) is 0 Å². The molecule has 13 heavy (non-hydrogen) atoms. The Kier molecular flexibility index (Phi) is 4.42. The predicted octanol–water partition coefficient (Wildman–Crippen LogP) is 2.73. The molecule has 0 fully saturated rings. The standard InChI is InChI=1S/C2HF3O2.5FH.Nb/c3-2(4,5)1(6)7;;;;;;/h(H,6,7);5*1H;/q;;;;;;+5/p-5. The van der Waals surface area contributed by atoms with Gasteiger partial charge < -0.3 is 5.11 Å². The van der Waals surface area contributed by atoms with Gasteiger partial charge in [0.2, 0.25) is 0 Å². The Morgan fingerprint density at radius 2 is 1.08 bits per heavy atom. The zero-order chi connectivity index (χ0) is 11.5. The monoisotopic (exact) mass is 302 g/mol. The Bertz CT molecular complexity index is 170. The molecule has 11 heteroatoms. The molecule has 2 nitrogen and oxygen atoms in total. The molecule has 0 aromatic rings. The first-order valence-corrected chi connectivity index (χ1v) is 6.24. The maximum absolute atomic E-state index is 10.6. The van der Waals surface area contributed by atoms with Gasteiger partial charge in [0.1, 0.15) is 0 Å². The summed E-state index contributed by atoms with van der Waals surface area (Å²) >= 11 is -9.19. The molecule has 0 spiro atoms. The molecule has 0 radical (unpaired) electrons. The van der Waals surface area contributed by atoms with Crippen LogP contribution in [0.4, 0.5) is 28.3 Å². The number of hydrogen-bond donors (Lipinski definition) is 1. The Labute approximate surface area is 69.6 Å². The van der Waals surface area contributed by atoms with Gasteiger partial charge in [-0.1, -0.05) is 0 Å². The number of rotatable bonds is 0. The van der Waals surface area contributed by atoms with E-state index in [1.54, 1.807) is 0 Å². The molecule has 0 rings (SSSR count). The van der Waals surface area contributed by atoms with E-state index in [4.69, 9.17) is 9.90 Å². The van der Waals surface area contributed by atoms with E-state index in [-0.39, 0.29) is 0 Å². The van der Waals surface area contributed by atoms with Crippen molar-refractivity contribution < 1.29 is 56.7 Å². The van der Waals surface area contributed by atoms with Crippen molar-refractivity contribution in [2.24, 2.45) is 0 Å². The molecule has 82 valence electrons. The summed E-state index contributed by atoms with van der Waals surface area (Å²) in [5, 5.41) is 7.12. The summed E-state index contributed by atoms with van der Waals surface area (Å²) in [4.78, 5) is 8.90. The van der Waals surface area contributed by atoms with Crippen LogP contribution in [0, 0.1) is 0 Å². The molecule has 0 heterocycles. The molecule has 0 aliphatic heterocycles. The second-order valence-corrected chi connectivity index (χ2v) is 4.58. The molecule has 0 unspecified atom stereocenters. The number of carboxylic acids is 1. The van der Waals surface area contributed by atoms with E-state index in [9.17, 15) is 28.3 Å². The minimum atomic E-state index is -9.19. The van der Waals surface area contributed by atoms with Crippen LogP contribution in [0.15, 0.2) is 0 Å². The summed E-state index contributed by atoms with van der Waals surface area (Å²) in [6.45, 7) is 0. The molecular weight excluding hydrogens is 301 g/mol. The van der Waals surface area contributed by atoms with Gasteiger partial charge in [-0.2, -0.15) is 13.2 Å². The SMILES string of the molecule is O=C(O)C(F)(F)F.[F][Nb]([F])([F])([F])[F]. The van der Waals surface area contributed by atoms with Crippen molar-refractivity contribution in [3.05, 3.63) is 0 Å². The van der Waals surface area contributed by atoms with Crippen LogP contribution in [-0.4, -0.2) is 17.3 Å². The van der Waals surface area contributed by atoms with Crippen molar-refractivity contribution in [2.45, 2.75) is 6.18 Å². The molecule has 0 aliphatic carbocycles. The van der Waals surface area contributed by atoms with Gasteiger partial charge in [0.15, 0.2) is 0 Å². The van der Waals surface area contributed by atoms with Crippen molar-refractivity contribution in [3.63, 3.8) is 0 Å². The summed E-state index contributed by atoms with van der Waals surface area (Å²) < 4.78 is 81.3. The fourth-order valence-corrected chi connectivity index (χ4v) is 0. The van der Waals surface area contributed by atoms with Crippen LogP contribution in [0.2, 0.25) is 0 Å². The summed E-state index contributed by atoms with van der Waals surface area (Å²) in [6.07, 6.45) is -5.08. The third kappa shape index (κ3) is 34.0. The van der Waals surface area contributed by atoms with Gasteiger partial charge in [-0.15, -0.1) is 0 Å². The third-order valence-corrected chi connectivity index (χ3v) is 0.243. The number of aliphatic carboxylic acids is 1. The van der Waals surface area contributed by atoms with Crippen LogP contribution in [0.1, 0.15) is 0 Å². The number of alkyl halides is 3. The Morgan fingerprint density at radius 3 is 1.08 bits per heavy atom. The molecule has 0 saturated carbocycles. The van der Waals surface area contributed by atoms with Gasteiger partial charge in [0, 0.05) is 0 Å². The van der Waals surface area contributed by atoms with Crippen LogP contribution >= 0.6 is 0 Å². The van der Waals surface area contributed by atoms with Gasteiger partial charge in [0.25, 0.3) is 0 Å². The van der Waals surface area contributed by atoms with Crippen molar-refractivity contribution in [3.8, 4) is 0 Å². The molecule has 0 aliphatic rings. The van der Waals surface area contributed by atoms with Crippen LogP contribution in [0.25, 0.3) is 0 Å². The molecule has 0 amide bonds. The van der Waals surface area contributed by atoms with Gasteiger partial charge in [-0.25, -0.2) is 4.79 Å². The van der Waals surface area contributed by atoms with E-state index in [0.29, 0.717) is 0 Å². The predicted molar refractivity (Wildman–Crippen MR) is 19.2 cm³/mol. The molecule has 0 bridgehead atoms. The minimum absolute atomic E-state index is 2.76. The topological polar surface area (TPSA) is 37.3 Å². The van der Waals surface area contributed by atoms with Crippen molar-refractivity contribution in [1.29, 1.82) is 0 Å². The fourth-order valence-electron chi connectivity index (χ4n) is 0. The van der Waals surface area contributed by atoms with E-state index >= 15 is 0 Å². The maximum atomic E-state index is 10.6. The summed E-state index contributed by atoms with van der Waals surface area (Å²) in [6, 6.07) is 0. The summed E-state index contributed by atoms with van der Waals surface area (Å²) in [7, 11) is 0. The number of halogens is 8. The van der Waals surface area contributed by atoms with Gasteiger partial charge >= 0.3 is 45.8 Å². The number of hydrogen-bond acceptors (Lipinski definition) is 1. The van der Waals surface area contributed by atoms with Crippen molar-refractivity contribution >= 4 is 5.97 Å². The van der Waals surface area contributed by atoms with Crippen LogP contribution in [0.5, 0.6) is 0 Å². The number of carboxylic acid groups (broad SMARTS) is 1. The van der Waals surface area contributed by atoms with Crippen molar-refractivity contribution in [1.82, 2.24) is 0 Å². The first-order chi connectivity index (χ1) is 5.18. The number of carbonyl (C=O) groups is 1. The third-order valence-electron chi connectivity index (χ3n) is 0.243. The van der Waals surface area contributed by atoms with Crippen LogP contribution in [-0.2, 0) is 23.3 Å². The summed E-state index contributed by atoms with van der Waals surface area (Å²) in [5.41, 5.74) is 0. The first kappa shape index (κ1) is 15.1. The van der Waals surface area contributed by atoms with E-state index in [0.717, 1.165) is 0 Å². The van der Waals surface area contributed by atoms with Gasteiger partial charge in [-0.05, 0) is 0 Å². The Hall–Kier alpha value is -0.350. The molecule has 1 N–H and O–H groups in total. The first-order valence-electron chi connectivity index (χ1n) is 2.09. The van der Waals surface area contributed by atoms with Gasteiger partial charge in [0.05, 0.1) is 0 Å². The van der Waals surface area contributed by atoms with Gasteiger partial charge in [-0.3, -0.25) is 0 Å². The Balaban J connectivity index is 0. The molecular formula is C2HF8NbO2. The van der Waals surface area contributed by atoms with Crippen molar-refractivity contribution in [2.75, 3.05) is 0 Å². The zero-order valence-electron chi connectivity index (χ0n) is 5.33. The van der Waals surface area contributed by atoms with E-state index in [1.165, 1.54) is 0 Å². The molecule has 0 atom stereocenters. The second kappa shape index (κ2) is 3.80. The molecule has 0 aromatic carbocycles. The average molecular weight is 302 g/mol. The van der Waals surface area contributed by atoms with E-state index < -0.39 is 30.7 Å². The van der Waals surface area contributed by atoms with Crippen LogP contribution < -0.4 is 0 Å². The van der Waals surface area contributed by atoms with Crippen LogP contribution in [0.3, 0.4) is 0 Å². The molecule has 0 saturated heterocycles. The summed E-state index contributed by atoms with van der Waals surface area (Å²) in [5.74, 6) is -2.76. The molecule has 0 aromatic heterocycles. The quantitative estimate of drug-likeness (QED) is 0.552. The van der Waals surface area contributed by atoms with E-state index in [1.807, 2.05) is 0 Å². The fraction of sp³-hybridized carbons (Fsp3) is 0.500.